The van der Waals surface area contributed by atoms with E-state index >= 15 is 0 Å². The van der Waals surface area contributed by atoms with Gasteiger partial charge < -0.3 is 10.4 Å². The Bertz CT molecular complexity index is 371. The second kappa shape index (κ2) is 6.55. The van der Waals surface area contributed by atoms with E-state index in [-0.39, 0.29) is 24.5 Å². The first-order valence-electron chi connectivity index (χ1n) is 6.77. The standard InChI is InChI=1S/C15H21NO2/c17-11-10-14(12-6-2-1-3-7-12)16-15(18)13-8-4-5-9-13/h1-3,6-7,13-14,17H,4-5,8-11H2,(H,16,18)/t14-/m0/s1. The molecule has 2 rings (SSSR count). The fourth-order valence-corrected chi connectivity index (χ4v) is 2.61. The van der Waals surface area contributed by atoms with Crippen molar-refractivity contribution < 1.29 is 9.90 Å². The molecule has 3 heteroatoms. The molecule has 0 bridgehead atoms. The maximum absolute atomic E-state index is 12.1. The number of hydrogen-bond acceptors (Lipinski definition) is 2. The molecular formula is C15H21NO2. The molecule has 1 aromatic rings. The van der Waals surface area contributed by atoms with Crippen molar-refractivity contribution in [2.45, 2.75) is 38.1 Å². The first-order chi connectivity index (χ1) is 8.81. The Hall–Kier alpha value is -1.35. The highest BCUT2D eigenvalue weighted by atomic mass is 16.3. The lowest BCUT2D eigenvalue weighted by atomic mass is 10.0. The van der Waals surface area contributed by atoms with E-state index in [2.05, 4.69) is 5.32 Å². The predicted octanol–water partition coefficient (Wildman–Crippen LogP) is 2.42. The second-order valence-electron chi connectivity index (χ2n) is 4.97. The average molecular weight is 247 g/mol. The van der Waals surface area contributed by atoms with Crippen LogP contribution in [0, 0.1) is 5.92 Å². The number of benzene rings is 1. The molecule has 1 amide bonds. The van der Waals surface area contributed by atoms with Crippen molar-refractivity contribution in [1.82, 2.24) is 5.32 Å². The van der Waals surface area contributed by atoms with E-state index in [0.29, 0.717) is 6.42 Å². The summed E-state index contributed by atoms with van der Waals surface area (Å²) in [6, 6.07) is 9.80. The smallest absolute Gasteiger partial charge is 0.223 e. The number of carbonyl (C=O) groups is 1. The largest absolute Gasteiger partial charge is 0.396 e. The summed E-state index contributed by atoms with van der Waals surface area (Å²) >= 11 is 0. The van der Waals surface area contributed by atoms with Crippen LogP contribution in [0.25, 0.3) is 0 Å². The molecule has 2 N–H and O–H groups in total. The normalized spacial score (nSPS) is 17.6. The van der Waals surface area contributed by atoms with E-state index in [1.54, 1.807) is 0 Å². The summed E-state index contributed by atoms with van der Waals surface area (Å²) in [6.07, 6.45) is 4.91. The van der Waals surface area contributed by atoms with Crippen LogP contribution in [0.3, 0.4) is 0 Å². The van der Waals surface area contributed by atoms with E-state index in [1.165, 1.54) is 0 Å². The Kier molecular flexibility index (Phi) is 4.76. The van der Waals surface area contributed by atoms with Gasteiger partial charge in [-0.15, -0.1) is 0 Å². The van der Waals surface area contributed by atoms with Crippen LogP contribution < -0.4 is 5.32 Å². The fourth-order valence-electron chi connectivity index (χ4n) is 2.61. The summed E-state index contributed by atoms with van der Waals surface area (Å²) in [6.45, 7) is 0.0878. The number of carbonyl (C=O) groups excluding carboxylic acids is 1. The lowest BCUT2D eigenvalue weighted by Crippen LogP contribution is -2.33. The van der Waals surface area contributed by atoms with Gasteiger partial charge in [0.25, 0.3) is 0 Å². The van der Waals surface area contributed by atoms with Gasteiger partial charge in [0.05, 0.1) is 6.04 Å². The van der Waals surface area contributed by atoms with Gasteiger partial charge in [-0.3, -0.25) is 4.79 Å². The van der Waals surface area contributed by atoms with Crippen molar-refractivity contribution in [3.8, 4) is 0 Å². The Labute approximate surface area is 108 Å². The zero-order chi connectivity index (χ0) is 12.8. The van der Waals surface area contributed by atoms with Crippen molar-refractivity contribution in [2.75, 3.05) is 6.61 Å². The highest BCUT2D eigenvalue weighted by molar-refractivity contribution is 5.79. The molecule has 0 radical (unpaired) electrons. The van der Waals surface area contributed by atoms with Crippen LogP contribution in [-0.2, 0) is 4.79 Å². The van der Waals surface area contributed by atoms with Crippen molar-refractivity contribution >= 4 is 5.91 Å². The molecule has 0 aliphatic heterocycles. The molecule has 1 aliphatic rings. The van der Waals surface area contributed by atoms with Crippen molar-refractivity contribution in [3.63, 3.8) is 0 Å². The maximum Gasteiger partial charge on any atom is 0.223 e. The van der Waals surface area contributed by atoms with E-state index in [0.717, 1.165) is 31.2 Å². The number of hydrogen-bond donors (Lipinski definition) is 2. The molecule has 1 aromatic carbocycles. The Morgan fingerprint density at radius 2 is 1.94 bits per heavy atom. The first-order valence-corrected chi connectivity index (χ1v) is 6.77. The Morgan fingerprint density at radius 3 is 2.56 bits per heavy atom. The summed E-state index contributed by atoms with van der Waals surface area (Å²) in [5.41, 5.74) is 1.07. The lowest BCUT2D eigenvalue weighted by Gasteiger charge is -2.20. The third kappa shape index (κ3) is 3.33. The fraction of sp³-hybridized carbons (Fsp3) is 0.533. The van der Waals surface area contributed by atoms with Crippen LogP contribution in [0.4, 0.5) is 0 Å². The molecule has 0 spiro atoms. The van der Waals surface area contributed by atoms with Crippen LogP contribution in [-0.4, -0.2) is 17.6 Å². The van der Waals surface area contributed by atoms with E-state index < -0.39 is 0 Å². The van der Waals surface area contributed by atoms with Crippen LogP contribution >= 0.6 is 0 Å². The van der Waals surface area contributed by atoms with Crippen LogP contribution in [0.5, 0.6) is 0 Å². The number of aliphatic hydroxyl groups excluding tert-OH is 1. The van der Waals surface area contributed by atoms with Crippen molar-refractivity contribution in [2.24, 2.45) is 5.92 Å². The Balaban J connectivity index is 1.99. The van der Waals surface area contributed by atoms with Gasteiger partial charge in [0, 0.05) is 12.5 Å². The summed E-state index contributed by atoms with van der Waals surface area (Å²) < 4.78 is 0. The lowest BCUT2D eigenvalue weighted by molar-refractivity contribution is -0.125. The molecule has 1 atom stereocenters. The van der Waals surface area contributed by atoms with Gasteiger partial charge in [-0.1, -0.05) is 43.2 Å². The van der Waals surface area contributed by atoms with Crippen molar-refractivity contribution in [3.05, 3.63) is 35.9 Å². The van der Waals surface area contributed by atoms with Gasteiger partial charge in [0.1, 0.15) is 0 Å². The zero-order valence-corrected chi connectivity index (χ0v) is 10.6. The van der Waals surface area contributed by atoms with Gasteiger partial charge in [-0.05, 0) is 24.8 Å². The number of aliphatic hydroxyl groups is 1. The first kappa shape index (κ1) is 13.1. The van der Waals surface area contributed by atoms with Gasteiger partial charge in [-0.25, -0.2) is 0 Å². The zero-order valence-electron chi connectivity index (χ0n) is 10.6. The molecule has 0 saturated heterocycles. The summed E-state index contributed by atoms with van der Waals surface area (Å²) in [5.74, 6) is 0.324. The number of amides is 1. The van der Waals surface area contributed by atoms with Crippen LogP contribution in [0.1, 0.15) is 43.7 Å². The highest BCUT2D eigenvalue weighted by Gasteiger charge is 2.24. The molecule has 0 aromatic heterocycles. The topological polar surface area (TPSA) is 49.3 Å². The number of nitrogens with one attached hydrogen (secondary N) is 1. The minimum Gasteiger partial charge on any atom is -0.396 e. The monoisotopic (exact) mass is 247 g/mol. The maximum atomic E-state index is 12.1. The van der Waals surface area contributed by atoms with Gasteiger partial charge in [-0.2, -0.15) is 0 Å². The average Bonchev–Trinajstić information content (AvgIpc) is 2.93. The van der Waals surface area contributed by atoms with E-state index in [9.17, 15) is 4.79 Å². The molecule has 1 aliphatic carbocycles. The summed E-state index contributed by atoms with van der Waals surface area (Å²) in [4.78, 5) is 12.1. The van der Waals surface area contributed by atoms with E-state index in [4.69, 9.17) is 5.11 Å². The molecule has 18 heavy (non-hydrogen) atoms. The minimum absolute atomic E-state index is 0.0655. The number of rotatable bonds is 5. The molecule has 3 nitrogen and oxygen atoms in total. The van der Waals surface area contributed by atoms with Crippen LogP contribution in [0.15, 0.2) is 30.3 Å². The summed E-state index contributed by atoms with van der Waals surface area (Å²) in [7, 11) is 0. The van der Waals surface area contributed by atoms with E-state index in [1.807, 2.05) is 30.3 Å². The molecule has 1 fully saturated rings. The molecule has 98 valence electrons. The third-order valence-corrected chi connectivity index (χ3v) is 3.66. The summed E-state index contributed by atoms with van der Waals surface area (Å²) in [5, 5.41) is 12.2. The molecule has 0 heterocycles. The minimum atomic E-state index is -0.0655. The molecule has 1 saturated carbocycles. The van der Waals surface area contributed by atoms with Crippen LogP contribution in [0.2, 0.25) is 0 Å². The second-order valence-corrected chi connectivity index (χ2v) is 4.97. The van der Waals surface area contributed by atoms with Gasteiger partial charge in [0.15, 0.2) is 0 Å². The predicted molar refractivity (Wildman–Crippen MR) is 71.0 cm³/mol. The van der Waals surface area contributed by atoms with Gasteiger partial charge in [0.2, 0.25) is 5.91 Å². The van der Waals surface area contributed by atoms with Crippen molar-refractivity contribution in [1.29, 1.82) is 0 Å². The quantitative estimate of drug-likeness (QED) is 0.839. The SMILES string of the molecule is O=C(N[C@@H](CCO)c1ccccc1)C1CCCC1. The third-order valence-electron chi connectivity index (χ3n) is 3.66. The molecular weight excluding hydrogens is 226 g/mol. The van der Waals surface area contributed by atoms with Gasteiger partial charge >= 0.3 is 0 Å². The highest BCUT2D eigenvalue weighted by Crippen LogP contribution is 2.26. The molecule has 0 unspecified atom stereocenters. The Morgan fingerprint density at radius 1 is 1.28 bits per heavy atom.